The molecule has 9 heteroatoms. The van der Waals surface area contributed by atoms with E-state index in [0.717, 1.165) is 11.8 Å². The van der Waals surface area contributed by atoms with Crippen LogP contribution in [0.2, 0.25) is 0 Å². The number of hydrogen-bond acceptors (Lipinski definition) is 6. The fourth-order valence-electron chi connectivity index (χ4n) is 3.46. The number of halogens is 1. The highest BCUT2D eigenvalue weighted by Gasteiger charge is 2.20. The van der Waals surface area contributed by atoms with E-state index in [-0.39, 0.29) is 22.8 Å². The van der Waals surface area contributed by atoms with Gasteiger partial charge in [-0.15, -0.1) is 0 Å². The van der Waals surface area contributed by atoms with Gasteiger partial charge < -0.3 is 10.1 Å². The van der Waals surface area contributed by atoms with Gasteiger partial charge in [0.25, 0.3) is 5.56 Å². The van der Waals surface area contributed by atoms with Crippen LogP contribution in [0, 0.1) is 5.82 Å². The number of sulfone groups is 1. The number of benzene rings is 2. The van der Waals surface area contributed by atoms with Crippen LogP contribution in [0.5, 0.6) is 5.75 Å². The number of ether oxygens (including phenoxy) is 1. The molecule has 2 heterocycles. The van der Waals surface area contributed by atoms with Crippen molar-refractivity contribution in [1.82, 2.24) is 9.55 Å². The molecule has 1 aliphatic heterocycles. The maximum Gasteiger partial charge on any atom is 0.262 e. The number of anilines is 1. The number of aromatic nitrogens is 2. The molecule has 2 aromatic carbocycles. The molecule has 0 saturated heterocycles. The largest absolute Gasteiger partial charge is 0.493 e. The minimum absolute atomic E-state index is 0.168. The lowest BCUT2D eigenvalue weighted by molar-refractivity contribution is 0.356. The van der Waals surface area contributed by atoms with Crippen LogP contribution in [0.25, 0.3) is 11.1 Å². The van der Waals surface area contributed by atoms with Crippen LogP contribution < -0.4 is 15.6 Å². The summed E-state index contributed by atoms with van der Waals surface area (Å²) < 4.78 is 44.3. The molecule has 1 N–H and O–H groups in total. The molecule has 4 rings (SSSR count). The molecule has 156 valence electrons. The fraction of sp³-hybridized carbons (Fsp3) is 0.238. The van der Waals surface area contributed by atoms with Crippen LogP contribution in [0.15, 0.2) is 52.3 Å². The fourth-order valence-corrected chi connectivity index (χ4v) is 4.09. The average molecular weight is 429 g/mol. The van der Waals surface area contributed by atoms with Crippen molar-refractivity contribution in [3.8, 4) is 16.9 Å². The molecule has 0 fully saturated rings. The van der Waals surface area contributed by atoms with Crippen LogP contribution in [0.4, 0.5) is 10.3 Å². The van der Waals surface area contributed by atoms with Crippen molar-refractivity contribution in [2.45, 2.75) is 17.9 Å². The van der Waals surface area contributed by atoms with Gasteiger partial charge in [-0.2, -0.15) is 0 Å². The molecule has 0 radical (unpaired) electrons. The molecule has 1 aromatic heterocycles. The van der Waals surface area contributed by atoms with E-state index in [1.54, 1.807) is 25.2 Å². The maximum atomic E-state index is 14.3. The van der Waals surface area contributed by atoms with Crippen molar-refractivity contribution in [2.24, 2.45) is 7.05 Å². The highest BCUT2D eigenvalue weighted by Crippen LogP contribution is 2.30. The van der Waals surface area contributed by atoms with Crippen LogP contribution in [-0.4, -0.2) is 30.8 Å². The first-order valence-corrected chi connectivity index (χ1v) is 11.2. The van der Waals surface area contributed by atoms with Gasteiger partial charge in [0.05, 0.1) is 17.1 Å². The summed E-state index contributed by atoms with van der Waals surface area (Å²) in [6.07, 6.45) is 3.19. The zero-order valence-electron chi connectivity index (χ0n) is 16.5. The van der Waals surface area contributed by atoms with Crippen LogP contribution in [0.1, 0.15) is 11.1 Å². The first-order valence-electron chi connectivity index (χ1n) is 9.29. The van der Waals surface area contributed by atoms with Crippen molar-refractivity contribution in [3.05, 3.63) is 69.9 Å². The Bertz CT molecular complexity index is 1280. The molecule has 0 bridgehead atoms. The van der Waals surface area contributed by atoms with E-state index >= 15 is 0 Å². The Morgan fingerprint density at radius 2 is 1.93 bits per heavy atom. The molecule has 30 heavy (non-hydrogen) atoms. The summed E-state index contributed by atoms with van der Waals surface area (Å²) >= 11 is 0. The molecule has 0 saturated carbocycles. The minimum Gasteiger partial charge on any atom is -0.493 e. The van der Waals surface area contributed by atoms with E-state index in [1.807, 2.05) is 0 Å². The quantitative estimate of drug-likeness (QED) is 0.670. The Morgan fingerprint density at radius 1 is 1.20 bits per heavy atom. The van der Waals surface area contributed by atoms with Gasteiger partial charge in [0.2, 0.25) is 5.95 Å². The number of fused-ring (bicyclic) bond motifs is 1. The zero-order chi connectivity index (χ0) is 21.5. The summed E-state index contributed by atoms with van der Waals surface area (Å²) in [5.74, 6) is 0.648. The van der Waals surface area contributed by atoms with Gasteiger partial charge in [0, 0.05) is 43.6 Å². The zero-order valence-corrected chi connectivity index (χ0v) is 17.3. The molecule has 7 nitrogen and oxygen atoms in total. The van der Waals surface area contributed by atoms with Gasteiger partial charge in [-0.05, 0) is 29.8 Å². The second-order valence-corrected chi connectivity index (χ2v) is 9.13. The Labute approximate surface area is 173 Å². The summed E-state index contributed by atoms with van der Waals surface area (Å²) in [6, 6.07) is 9.05. The van der Waals surface area contributed by atoms with Crippen LogP contribution >= 0.6 is 0 Å². The number of hydrogen-bond donors (Lipinski definition) is 1. The SMILES string of the molecule is Cn1c(NCc2c(F)ccc3c2CCO3)ncc(-c2ccc(S(C)(=O)=O)cc2)c1=O. The summed E-state index contributed by atoms with van der Waals surface area (Å²) in [6.45, 7) is 0.691. The summed E-state index contributed by atoms with van der Waals surface area (Å²) in [5, 5.41) is 3.03. The summed E-state index contributed by atoms with van der Waals surface area (Å²) in [7, 11) is -1.75. The normalized spacial score (nSPS) is 13.0. The maximum absolute atomic E-state index is 14.3. The number of nitrogens with one attached hydrogen (secondary N) is 1. The molecule has 0 spiro atoms. The second-order valence-electron chi connectivity index (χ2n) is 7.11. The molecule has 0 unspecified atom stereocenters. The van der Waals surface area contributed by atoms with Crippen LogP contribution in [0.3, 0.4) is 0 Å². The highest BCUT2D eigenvalue weighted by molar-refractivity contribution is 7.90. The topological polar surface area (TPSA) is 90.3 Å². The van der Waals surface area contributed by atoms with Gasteiger partial charge in [0.1, 0.15) is 11.6 Å². The molecule has 3 aromatic rings. The number of nitrogens with zero attached hydrogens (tertiary/aromatic N) is 2. The van der Waals surface area contributed by atoms with E-state index in [0.29, 0.717) is 41.4 Å². The molecule has 0 atom stereocenters. The smallest absolute Gasteiger partial charge is 0.262 e. The van der Waals surface area contributed by atoms with Crippen molar-refractivity contribution in [2.75, 3.05) is 18.2 Å². The number of rotatable bonds is 5. The molecule has 0 amide bonds. The minimum atomic E-state index is -3.32. The Kier molecular flexibility index (Phi) is 5.07. The lowest BCUT2D eigenvalue weighted by Gasteiger charge is -2.13. The standard InChI is InChI=1S/C21H20FN3O4S/c1-25-20(26)16(13-3-5-14(6-4-13)30(2,27)28)11-23-21(25)24-12-17-15-9-10-29-19(15)8-7-18(17)22/h3-8,11H,9-10,12H2,1-2H3,(H,23,24). The molecular weight excluding hydrogens is 409 g/mol. The van der Waals surface area contributed by atoms with Gasteiger partial charge in [0.15, 0.2) is 9.84 Å². The Hall–Kier alpha value is -3.20. The Morgan fingerprint density at radius 3 is 2.63 bits per heavy atom. The predicted molar refractivity (Wildman–Crippen MR) is 111 cm³/mol. The first-order chi connectivity index (χ1) is 14.3. The monoisotopic (exact) mass is 429 g/mol. The lowest BCUT2D eigenvalue weighted by Crippen LogP contribution is -2.23. The third kappa shape index (κ3) is 3.68. The van der Waals surface area contributed by atoms with Gasteiger partial charge in [-0.1, -0.05) is 12.1 Å². The third-order valence-electron chi connectivity index (χ3n) is 5.13. The first kappa shape index (κ1) is 20.1. The van der Waals surface area contributed by atoms with E-state index in [4.69, 9.17) is 4.74 Å². The van der Waals surface area contributed by atoms with Crippen molar-refractivity contribution in [1.29, 1.82) is 0 Å². The molecular formula is C21H20FN3O4S. The summed E-state index contributed by atoms with van der Waals surface area (Å²) in [5.41, 5.74) is 1.92. The van der Waals surface area contributed by atoms with E-state index in [1.165, 1.54) is 29.0 Å². The van der Waals surface area contributed by atoms with E-state index < -0.39 is 9.84 Å². The van der Waals surface area contributed by atoms with Crippen molar-refractivity contribution < 1.29 is 17.5 Å². The van der Waals surface area contributed by atoms with Gasteiger partial charge in [-0.3, -0.25) is 9.36 Å². The van der Waals surface area contributed by atoms with Crippen molar-refractivity contribution in [3.63, 3.8) is 0 Å². The van der Waals surface area contributed by atoms with Gasteiger partial charge in [-0.25, -0.2) is 17.8 Å². The second kappa shape index (κ2) is 7.56. The van der Waals surface area contributed by atoms with Crippen molar-refractivity contribution >= 4 is 15.8 Å². The summed E-state index contributed by atoms with van der Waals surface area (Å²) in [4.78, 5) is 17.3. The van der Waals surface area contributed by atoms with Crippen LogP contribution in [-0.2, 0) is 29.9 Å². The predicted octanol–water partition coefficient (Wildman–Crippen LogP) is 2.54. The highest BCUT2D eigenvalue weighted by atomic mass is 32.2. The van der Waals surface area contributed by atoms with E-state index in [9.17, 15) is 17.6 Å². The average Bonchev–Trinajstić information content (AvgIpc) is 3.18. The van der Waals surface area contributed by atoms with Gasteiger partial charge >= 0.3 is 0 Å². The molecule has 0 aliphatic carbocycles. The third-order valence-corrected chi connectivity index (χ3v) is 6.25. The van der Waals surface area contributed by atoms with E-state index in [2.05, 4.69) is 10.3 Å². The molecule has 1 aliphatic rings. The lowest BCUT2D eigenvalue weighted by atomic mass is 10.0. The Balaban J connectivity index is 1.60.